The Hall–Kier alpha value is -13.4. The first kappa shape index (κ1) is 99.1. The number of hydrogen-bond donors (Lipinski definition) is 24. The predicted molar refractivity (Wildman–Crippen MR) is 442 cm³/mol. The highest BCUT2D eigenvalue weighted by molar-refractivity contribution is 6.00. The van der Waals surface area contributed by atoms with Crippen LogP contribution in [0.1, 0.15) is 102 Å². The lowest BCUT2D eigenvalue weighted by atomic mass is 9.96. The number of aliphatic hydroxyl groups excluding tert-OH is 2. The standard InChI is InChI=1S/C81H112N20O21/c1-7-44(3)67(99-70(111)46(5)92-62(105)40-90-73(114)56(33-48-21-12-9-13-22-48)97-74(115)57(34-49-23-14-10-15-24-49)93-64(107)41-88-71(112)53(82)28-20-32-85-81(83)84)77(118)91-42-65(108)94-58(35-50-25-16-11-17-26-50)75(116)100-68(45(4)8-2)78(119)96-55(30-31-66(109)110)72(113)89-38-61(104)87-39-63(106)95-59(36-51-37-86-54-29-19-18-27-52(51)54)76(117)101-69(47(6)103)79(120)98-60(43-102)80(121)122/h9-19,21-27,29,37,44-47,53,55-60,67-69,86,102-103H,7-8,20,28,30-36,38-43,82H2,1-6H3,(H,87,104)(H,88,112)(H,89,113)(H,90,114)(H,91,118)(H,92,105)(H,93,107)(H,94,108)(H,95,106)(H,96,119)(H,97,115)(H,98,120)(H,99,111)(H,100,116)(H,101,117)(H,109,110)(H,121,122)(H4,83,84,85)/t44-,45-,46-,47+,53-,55-,56-,57-,58-,59-,60-,67-,68-,69-/m0/s1. The second kappa shape index (κ2) is 51.1. The number of carboxylic acid groups (broad SMARTS) is 2. The number of H-pyrrole nitrogens is 1. The zero-order valence-electron chi connectivity index (χ0n) is 68.5. The fourth-order valence-electron chi connectivity index (χ4n) is 12.2. The Labute approximate surface area is 703 Å². The van der Waals surface area contributed by atoms with Gasteiger partial charge in [-0.15, -0.1) is 0 Å². The van der Waals surface area contributed by atoms with Gasteiger partial charge in [-0.3, -0.25) is 82.1 Å². The summed E-state index contributed by atoms with van der Waals surface area (Å²) in [4.78, 5) is 232. The van der Waals surface area contributed by atoms with Crippen molar-refractivity contribution in [3.05, 3.63) is 144 Å². The Morgan fingerprint density at radius 3 is 1.29 bits per heavy atom. The normalized spacial score (nSPS) is 14.4. The van der Waals surface area contributed by atoms with E-state index in [9.17, 15) is 102 Å². The summed E-state index contributed by atoms with van der Waals surface area (Å²) < 4.78 is 0. The molecule has 4 aromatic carbocycles. The van der Waals surface area contributed by atoms with E-state index in [1.54, 1.807) is 149 Å². The summed E-state index contributed by atoms with van der Waals surface area (Å²) in [6.07, 6.45) is -0.746. The number of fused-ring (bicyclic) bond motifs is 1. The van der Waals surface area contributed by atoms with E-state index in [2.05, 4.69) is 84.7 Å². The van der Waals surface area contributed by atoms with Gasteiger partial charge in [0.15, 0.2) is 5.96 Å². The maximum atomic E-state index is 14.5. The van der Waals surface area contributed by atoms with Gasteiger partial charge in [0.25, 0.3) is 0 Å². The molecule has 662 valence electrons. The molecule has 0 radical (unpaired) electrons. The molecule has 41 heteroatoms. The first-order valence-electron chi connectivity index (χ1n) is 39.6. The summed E-state index contributed by atoms with van der Waals surface area (Å²) in [5, 5.41) is 86.2. The molecule has 0 saturated heterocycles. The van der Waals surface area contributed by atoms with Crippen molar-refractivity contribution in [1.29, 1.82) is 5.41 Å². The highest BCUT2D eigenvalue weighted by Gasteiger charge is 2.37. The lowest BCUT2D eigenvalue weighted by Crippen LogP contribution is -2.60. The largest absolute Gasteiger partial charge is 0.481 e. The number of aliphatic carboxylic acids is 2. The number of aromatic amines is 1. The third-order valence-electron chi connectivity index (χ3n) is 19.5. The number of aliphatic hydroxyl groups is 2. The van der Waals surface area contributed by atoms with Crippen LogP contribution in [0.15, 0.2) is 121 Å². The molecule has 0 aliphatic rings. The van der Waals surface area contributed by atoms with Crippen molar-refractivity contribution < 1.29 is 102 Å². The Balaban J connectivity index is 1.20. The molecule has 15 amide bonds. The molecule has 0 spiro atoms. The van der Waals surface area contributed by atoms with Gasteiger partial charge in [-0.05, 0) is 73.3 Å². The molecule has 5 aromatic rings. The molecular weight excluding hydrogens is 1590 g/mol. The maximum absolute atomic E-state index is 14.5. The molecule has 0 saturated carbocycles. The number of nitrogens with one attached hydrogen (secondary N) is 18. The minimum absolute atomic E-state index is 0.0507. The zero-order valence-corrected chi connectivity index (χ0v) is 68.5. The Kier molecular flexibility index (Phi) is 41.5. The van der Waals surface area contributed by atoms with Crippen LogP contribution in [0.2, 0.25) is 0 Å². The highest BCUT2D eigenvalue weighted by atomic mass is 16.4. The number of carbonyl (C=O) groups is 17. The van der Waals surface area contributed by atoms with Crippen molar-refractivity contribution in [2.24, 2.45) is 23.3 Å². The predicted octanol–water partition coefficient (Wildman–Crippen LogP) is -5.11. The number of carbonyl (C=O) groups excluding carboxylic acids is 15. The van der Waals surface area contributed by atoms with Crippen LogP contribution in [0.25, 0.3) is 10.9 Å². The zero-order chi connectivity index (χ0) is 90.1. The lowest BCUT2D eigenvalue weighted by molar-refractivity contribution is -0.144. The molecule has 41 nitrogen and oxygen atoms in total. The van der Waals surface area contributed by atoms with E-state index in [1.165, 1.54) is 6.92 Å². The Bertz CT molecular complexity index is 4420. The van der Waals surface area contributed by atoms with E-state index in [0.717, 1.165) is 6.92 Å². The SMILES string of the molecule is CC[C@H](C)[C@H](NC(=O)[C@H](C)NC(=O)CNC(=O)[C@H](Cc1ccccc1)NC(=O)[C@H](Cc1ccccc1)NC(=O)CNC(=O)[C@@H](N)CCCNC(=N)N)C(=O)NCC(=O)N[C@@H](Cc1ccccc1)C(=O)N[C@H](C(=O)N[C@@H](CCC(=O)O)C(=O)NCC(=O)NCC(=O)N[C@@H](Cc1c[nH]c2ccccc12)C(=O)N[C@H](C(=O)N[C@@H](CO)C(=O)O)[C@@H](C)O)[C@@H](C)CC. The summed E-state index contributed by atoms with van der Waals surface area (Å²) in [7, 11) is 0. The van der Waals surface area contributed by atoms with Gasteiger partial charge in [0.05, 0.1) is 51.5 Å². The van der Waals surface area contributed by atoms with Crippen LogP contribution in [0.3, 0.4) is 0 Å². The van der Waals surface area contributed by atoms with Crippen LogP contribution in [0.4, 0.5) is 0 Å². The van der Waals surface area contributed by atoms with Crippen molar-refractivity contribution in [3.8, 4) is 0 Å². The minimum atomic E-state index is -1.80. The number of aromatic nitrogens is 1. The van der Waals surface area contributed by atoms with Crippen LogP contribution >= 0.6 is 0 Å². The maximum Gasteiger partial charge on any atom is 0.328 e. The fourth-order valence-corrected chi connectivity index (χ4v) is 12.2. The van der Waals surface area contributed by atoms with Crippen molar-refractivity contribution in [3.63, 3.8) is 0 Å². The second-order valence-corrected chi connectivity index (χ2v) is 29.1. The topological polar surface area (TPSA) is 655 Å². The van der Waals surface area contributed by atoms with Gasteiger partial charge >= 0.3 is 11.9 Å². The van der Waals surface area contributed by atoms with Gasteiger partial charge < -0.3 is 122 Å². The molecule has 1 aromatic heterocycles. The molecular formula is C81H112N20O21. The number of hydrogen-bond acceptors (Lipinski definition) is 21. The van der Waals surface area contributed by atoms with Gasteiger partial charge in [-0.25, -0.2) is 4.79 Å². The number of amides is 15. The molecule has 5 rings (SSSR count). The van der Waals surface area contributed by atoms with Crippen LogP contribution < -0.4 is 96.5 Å². The smallest absolute Gasteiger partial charge is 0.328 e. The number of rotatable bonds is 52. The summed E-state index contributed by atoms with van der Waals surface area (Å²) in [6.45, 7) is 4.56. The van der Waals surface area contributed by atoms with E-state index in [1.807, 2.05) is 5.32 Å². The van der Waals surface area contributed by atoms with E-state index in [-0.39, 0.29) is 51.0 Å². The van der Waals surface area contributed by atoms with E-state index in [4.69, 9.17) is 16.9 Å². The van der Waals surface area contributed by atoms with Gasteiger partial charge in [-0.1, -0.05) is 150 Å². The fraction of sp³-hybridized carbons (Fsp3) is 0.457. The minimum Gasteiger partial charge on any atom is -0.481 e. The second-order valence-electron chi connectivity index (χ2n) is 29.1. The summed E-state index contributed by atoms with van der Waals surface area (Å²) in [6, 6.07) is 16.4. The molecule has 0 aliphatic heterocycles. The van der Waals surface area contributed by atoms with Crippen molar-refractivity contribution in [2.75, 3.05) is 45.9 Å². The van der Waals surface area contributed by atoms with Crippen LogP contribution in [0.5, 0.6) is 0 Å². The molecule has 14 atom stereocenters. The van der Waals surface area contributed by atoms with Gasteiger partial charge in [-0.2, -0.15) is 0 Å². The number of carboxylic acids is 2. The summed E-state index contributed by atoms with van der Waals surface area (Å²) >= 11 is 0. The number of nitrogens with two attached hydrogens (primary N) is 2. The highest BCUT2D eigenvalue weighted by Crippen LogP contribution is 2.20. The monoisotopic (exact) mass is 1700 g/mol. The van der Waals surface area contributed by atoms with Gasteiger partial charge in [0.2, 0.25) is 88.6 Å². The van der Waals surface area contributed by atoms with Gasteiger partial charge in [0.1, 0.15) is 60.4 Å². The lowest BCUT2D eigenvalue weighted by Gasteiger charge is -2.28. The third-order valence-corrected chi connectivity index (χ3v) is 19.5. The number of benzene rings is 4. The first-order valence-corrected chi connectivity index (χ1v) is 39.6. The van der Waals surface area contributed by atoms with Crippen LogP contribution in [-0.2, 0) is 107 Å². The average Bonchev–Trinajstić information content (AvgIpc) is 1.66. The summed E-state index contributed by atoms with van der Waals surface area (Å²) in [5.41, 5.74) is 14.2. The average molecular weight is 1700 g/mol. The summed E-state index contributed by atoms with van der Waals surface area (Å²) in [5.74, 6) is -18.3. The third kappa shape index (κ3) is 34.5. The van der Waals surface area contributed by atoms with Crippen molar-refractivity contribution in [1.82, 2.24) is 90.1 Å². The molecule has 0 fully saturated rings. The van der Waals surface area contributed by atoms with Crippen LogP contribution in [0, 0.1) is 17.2 Å². The van der Waals surface area contributed by atoms with Crippen LogP contribution in [-0.4, -0.2) is 250 Å². The molecule has 26 N–H and O–H groups in total. The molecule has 1 heterocycles. The quantitative estimate of drug-likeness (QED) is 0.00984. The first-order chi connectivity index (χ1) is 58.0. The molecule has 0 aliphatic carbocycles. The van der Waals surface area contributed by atoms with Crippen molar-refractivity contribution in [2.45, 2.75) is 178 Å². The van der Waals surface area contributed by atoms with Gasteiger partial charge in [0, 0.05) is 55.7 Å². The molecule has 0 bridgehead atoms. The van der Waals surface area contributed by atoms with Crippen molar-refractivity contribution >= 4 is 117 Å². The molecule has 0 unspecified atom stereocenters. The molecule has 122 heavy (non-hydrogen) atoms. The number of para-hydroxylation sites is 1. The Morgan fingerprint density at radius 2 is 0.803 bits per heavy atom. The number of guanidine groups is 1. The van der Waals surface area contributed by atoms with E-state index < -0.39 is 237 Å². The van der Waals surface area contributed by atoms with E-state index in [0.29, 0.717) is 46.0 Å². The Morgan fingerprint density at radius 1 is 0.410 bits per heavy atom. The van der Waals surface area contributed by atoms with E-state index >= 15 is 0 Å².